The number of carbonyl (C=O) groups excluding carboxylic acids is 2. The third-order valence-corrected chi connectivity index (χ3v) is 8.98. The van der Waals surface area contributed by atoms with Crippen LogP contribution in [0.15, 0.2) is 12.2 Å². The van der Waals surface area contributed by atoms with Gasteiger partial charge in [-0.05, 0) is 54.4 Å². The van der Waals surface area contributed by atoms with E-state index in [1.807, 2.05) is 12.2 Å². The number of rotatable bonds is 6. The minimum absolute atomic E-state index is 0.0579. The van der Waals surface area contributed by atoms with Crippen LogP contribution in [-0.4, -0.2) is 22.9 Å². The Kier molecular flexibility index (Phi) is 5.29. The third-order valence-electron chi connectivity index (χ3n) is 7.81. The first kappa shape index (κ1) is 21.1. The van der Waals surface area contributed by atoms with E-state index in [1.165, 1.54) is 11.3 Å². The zero-order chi connectivity index (χ0) is 21.8. The van der Waals surface area contributed by atoms with Crippen LogP contribution in [0.2, 0.25) is 0 Å². The number of anilines is 1. The summed E-state index contributed by atoms with van der Waals surface area (Å²) in [6, 6.07) is 0. The highest BCUT2D eigenvalue weighted by Gasteiger charge is 2.52. The fourth-order valence-electron chi connectivity index (χ4n) is 5.60. The molecule has 1 fully saturated rings. The minimum Gasteiger partial charge on any atom is -0.481 e. The zero-order valence-electron chi connectivity index (χ0n) is 17.7. The van der Waals surface area contributed by atoms with Gasteiger partial charge < -0.3 is 16.2 Å². The first-order valence-electron chi connectivity index (χ1n) is 10.8. The number of thiophene rings is 1. The van der Waals surface area contributed by atoms with Gasteiger partial charge in [0.15, 0.2) is 0 Å². The first-order chi connectivity index (χ1) is 14.1. The van der Waals surface area contributed by atoms with E-state index in [4.69, 9.17) is 5.73 Å². The van der Waals surface area contributed by atoms with Crippen LogP contribution < -0.4 is 11.1 Å². The number of allylic oxidation sites excluding steroid dienone is 2. The predicted molar refractivity (Wildman–Crippen MR) is 116 cm³/mol. The molecule has 0 unspecified atom stereocenters. The van der Waals surface area contributed by atoms with Crippen molar-refractivity contribution in [3.8, 4) is 0 Å². The van der Waals surface area contributed by atoms with E-state index in [9.17, 15) is 19.5 Å². The summed E-state index contributed by atoms with van der Waals surface area (Å²) in [6.45, 7) is 6.76. The predicted octanol–water partition coefficient (Wildman–Crippen LogP) is 3.85. The van der Waals surface area contributed by atoms with Gasteiger partial charge >= 0.3 is 5.97 Å². The number of nitrogens with two attached hydrogens (primary N) is 1. The molecule has 7 heteroatoms. The van der Waals surface area contributed by atoms with Crippen LogP contribution in [0.4, 0.5) is 5.00 Å². The third kappa shape index (κ3) is 3.37. The van der Waals surface area contributed by atoms with Gasteiger partial charge in [-0.3, -0.25) is 14.4 Å². The zero-order valence-corrected chi connectivity index (χ0v) is 18.6. The summed E-state index contributed by atoms with van der Waals surface area (Å²) in [5.41, 5.74) is 7.30. The fourth-order valence-corrected chi connectivity index (χ4v) is 6.94. The van der Waals surface area contributed by atoms with Gasteiger partial charge in [0, 0.05) is 4.88 Å². The van der Waals surface area contributed by atoms with Crippen molar-refractivity contribution in [2.24, 2.45) is 40.7 Å². The molecule has 6 nitrogen and oxygen atoms in total. The molecule has 4 rings (SSSR count). The summed E-state index contributed by atoms with van der Waals surface area (Å²) in [4.78, 5) is 38.3. The molecule has 0 aliphatic heterocycles. The monoisotopic (exact) mass is 430 g/mol. The Balaban J connectivity index is 1.61. The molecule has 2 bridgehead atoms. The molecule has 0 spiro atoms. The van der Waals surface area contributed by atoms with Crippen LogP contribution in [-0.2, 0) is 22.4 Å². The topological polar surface area (TPSA) is 109 Å². The summed E-state index contributed by atoms with van der Waals surface area (Å²) in [5, 5.41) is 13.0. The summed E-state index contributed by atoms with van der Waals surface area (Å²) in [5.74, 6) is -2.72. The van der Waals surface area contributed by atoms with E-state index in [-0.39, 0.29) is 23.2 Å². The lowest BCUT2D eigenvalue weighted by atomic mass is 9.69. The van der Waals surface area contributed by atoms with Crippen molar-refractivity contribution in [3.05, 3.63) is 28.2 Å². The van der Waals surface area contributed by atoms with Crippen LogP contribution in [0, 0.1) is 35.0 Å². The fraction of sp³-hybridized carbons (Fsp3) is 0.609. The molecule has 1 heterocycles. The first-order valence-corrected chi connectivity index (χ1v) is 11.6. The number of aliphatic carboxylic acids is 1. The van der Waals surface area contributed by atoms with E-state index >= 15 is 0 Å². The normalized spacial score (nSPS) is 29.6. The molecular weight excluding hydrogens is 400 g/mol. The molecule has 0 radical (unpaired) electrons. The number of carbonyl (C=O) groups is 3. The van der Waals surface area contributed by atoms with Gasteiger partial charge in [-0.25, -0.2) is 0 Å². The Hall–Kier alpha value is -2.15. The summed E-state index contributed by atoms with van der Waals surface area (Å²) < 4.78 is 0. The van der Waals surface area contributed by atoms with Crippen LogP contribution in [0.1, 0.15) is 60.8 Å². The van der Waals surface area contributed by atoms with Crippen molar-refractivity contribution < 1.29 is 19.5 Å². The number of fused-ring (bicyclic) bond motifs is 3. The van der Waals surface area contributed by atoms with Gasteiger partial charge in [0.2, 0.25) is 5.91 Å². The maximum atomic E-state index is 13.1. The molecule has 3 aliphatic carbocycles. The standard InChI is InChI=1S/C23H30N2O4S/c1-4-23(2,3)13-7-8-14-15(10-13)30-21(18(14)19(24)26)25-20(27)16-11-5-6-12(9-11)17(16)22(28)29/h5-6,11-13,16-17H,4,7-10H2,1-3H3,(H2,24,26)(H,25,27)(H,28,29)/t11-,12+,13-,16-,17+/m1/s1. The van der Waals surface area contributed by atoms with Gasteiger partial charge in [-0.2, -0.15) is 0 Å². The molecule has 5 atom stereocenters. The second-order valence-electron chi connectivity index (χ2n) is 9.68. The lowest BCUT2D eigenvalue weighted by Crippen LogP contribution is -2.36. The smallest absolute Gasteiger partial charge is 0.307 e. The van der Waals surface area contributed by atoms with E-state index in [0.717, 1.165) is 36.1 Å². The van der Waals surface area contributed by atoms with Crippen LogP contribution in [0.3, 0.4) is 0 Å². The lowest BCUT2D eigenvalue weighted by Gasteiger charge is -2.36. The summed E-state index contributed by atoms with van der Waals surface area (Å²) in [6.07, 6.45) is 8.32. The molecule has 4 N–H and O–H groups in total. The Morgan fingerprint density at radius 2 is 1.90 bits per heavy atom. The maximum Gasteiger partial charge on any atom is 0.307 e. The highest BCUT2D eigenvalue weighted by molar-refractivity contribution is 7.17. The molecule has 0 saturated heterocycles. The van der Waals surface area contributed by atoms with E-state index < -0.39 is 23.7 Å². The Morgan fingerprint density at radius 3 is 2.50 bits per heavy atom. The van der Waals surface area contributed by atoms with Gasteiger partial charge in [0.05, 0.1) is 17.4 Å². The van der Waals surface area contributed by atoms with Gasteiger partial charge in [-0.15, -0.1) is 11.3 Å². The average Bonchev–Trinajstić information content (AvgIpc) is 3.39. The molecule has 162 valence electrons. The maximum absolute atomic E-state index is 13.1. The van der Waals surface area contributed by atoms with E-state index in [0.29, 0.717) is 22.9 Å². The van der Waals surface area contributed by atoms with Gasteiger partial charge in [-0.1, -0.05) is 39.3 Å². The van der Waals surface area contributed by atoms with Gasteiger partial charge in [0.25, 0.3) is 5.91 Å². The van der Waals surface area contributed by atoms with Crippen LogP contribution >= 0.6 is 11.3 Å². The molecular formula is C23H30N2O4S. The quantitative estimate of drug-likeness (QED) is 0.596. The lowest BCUT2D eigenvalue weighted by molar-refractivity contribution is -0.146. The number of amides is 2. The van der Waals surface area contributed by atoms with E-state index in [1.54, 1.807) is 0 Å². The number of hydrogen-bond acceptors (Lipinski definition) is 4. The number of hydrogen-bond donors (Lipinski definition) is 3. The summed E-state index contributed by atoms with van der Waals surface area (Å²) in [7, 11) is 0. The number of nitrogens with one attached hydrogen (secondary N) is 1. The Bertz CT molecular complexity index is 932. The average molecular weight is 431 g/mol. The van der Waals surface area contributed by atoms with Gasteiger partial charge in [0.1, 0.15) is 5.00 Å². The molecule has 2 amide bonds. The Labute approximate surface area is 180 Å². The highest BCUT2D eigenvalue weighted by Crippen LogP contribution is 2.49. The molecule has 3 aliphatic rings. The number of carboxylic acids is 1. The SMILES string of the molecule is CCC(C)(C)[C@@H]1CCc2c(sc(NC(=O)[C@H]3[C@@H](C(=O)O)[C@H]4C=C[C@@H]3C4)c2C(N)=O)C1. The molecule has 1 aromatic heterocycles. The molecule has 30 heavy (non-hydrogen) atoms. The van der Waals surface area contributed by atoms with Crippen molar-refractivity contribution in [2.75, 3.05) is 5.32 Å². The molecule has 0 aromatic carbocycles. The van der Waals surface area contributed by atoms with E-state index in [2.05, 4.69) is 26.1 Å². The second kappa shape index (κ2) is 7.52. The van der Waals surface area contributed by atoms with Crippen molar-refractivity contribution in [1.29, 1.82) is 0 Å². The number of carboxylic acid groups (broad SMARTS) is 1. The largest absolute Gasteiger partial charge is 0.481 e. The second-order valence-corrected chi connectivity index (χ2v) is 10.8. The van der Waals surface area contributed by atoms with Crippen molar-refractivity contribution in [1.82, 2.24) is 0 Å². The van der Waals surface area contributed by atoms with Crippen molar-refractivity contribution in [2.45, 2.75) is 52.9 Å². The Morgan fingerprint density at radius 1 is 1.23 bits per heavy atom. The van der Waals surface area contributed by atoms with Crippen LogP contribution in [0.25, 0.3) is 0 Å². The molecule has 1 saturated carbocycles. The van der Waals surface area contributed by atoms with Crippen molar-refractivity contribution in [3.63, 3.8) is 0 Å². The molecule has 1 aromatic rings. The summed E-state index contributed by atoms with van der Waals surface area (Å²) >= 11 is 1.44. The highest BCUT2D eigenvalue weighted by atomic mass is 32.1. The minimum atomic E-state index is -0.933. The van der Waals surface area contributed by atoms with Crippen molar-refractivity contribution >= 4 is 34.1 Å². The van der Waals surface area contributed by atoms with Crippen LogP contribution in [0.5, 0.6) is 0 Å². The number of primary amides is 1.